The Morgan fingerprint density at radius 2 is 2.00 bits per heavy atom. The molecule has 134 valence electrons. The van der Waals surface area contributed by atoms with E-state index < -0.39 is 0 Å². The molecule has 6 heteroatoms. The Labute approximate surface area is 151 Å². The topological polar surface area (TPSA) is 59.8 Å². The summed E-state index contributed by atoms with van der Waals surface area (Å²) in [4.78, 5) is 16.3. The predicted octanol–water partition coefficient (Wildman–Crippen LogP) is 3.18. The largest absolute Gasteiger partial charge is 0.352 e. The first-order valence-electron chi connectivity index (χ1n) is 8.46. The first kappa shape index (κ1) is 17.8. The van der Waals surface area contributed by atoms with E-state index >= 15 is 0 Å². The number of carbonyl (C=O) groups is 1. The molecule has 0 aliphatic heterocycles. The number of benzene rings is 1. The monoisotopic (exact) mass is 352 g/mol. The molecule has 5 nitrogen and oxygen atoms in total. The number of aryl methyl sites for hydroxylation is 3. The lowest BCUT2D eigenvalue weighted by molar-refractivity contribution is -0.121. The molecule has 0 fully saturated rings. The Kier molecular flexibility index (Phi) is 5.41. The normalized spacial score (nSPS) is 10.7. The van der Waals surface area contributed by atoms with E-state index in [4.69, 9.17) is 0 Å². The van der Waals surface area contributed by atoms with E-state index in [0.29, 0.717) is 24.9 Å². The molecule has 0 bridgehead atoms. The molecule has 0 atom stereocenters. The Morgan fingerprint density at radius 1 is 1.15 bits per heavy atom. The van der Waals surface area contributed by atoms with Gasteiger partial charge < -0.3 is 5.32 Å². The van der Waals surface area contributed by atoms with Crippen LogP contribution in [-0.4, -0.2) is 20.7 Å². The molecule has 2 aromatic heterocycles. The summed E-state index contributed by atoms with van der Waals surface area (Å²) in [6.07, 6.45) is 8.03. The third-order valence-corrected chi connectivity index (χ3v) is 4.20. The highest BCUT2D eigenvalue weighted by Gasteiger charge is 2.06. The molecular formula is C20H21FN4O. The number of pyridine rings is 1. The number of rotatable bonds is 6. The van der Waals surface area contributed by atoms with Crippen molar-refractivity contribution < 1.29 is 9.18 Å². The maximum absolute atomic E-state index is 13.5. The summed E-state index contributed by atoms with van der Waals surface area (Å²) in [5.74, 6) is -0.307. The maximum Gasteiger partial charge on any atom is 0.220 e. The summed E-state index contributed by atoms with van der Waals surface area (Å²) in [5, 5.41) is 7.04. The van der Waals surface area contributed by atoms with Crippen molar-refractivity contribution in [3.63, 3.8) is 0 Å². The van der Waals surface area contributed by atoms with E-state index in [2.05, 4.69) is 15.4 Å². The second-order valence-electron chi connectivity index (χ2n) is 6.34. The van der Waals surface area contributed by atoms with Crippen LogP contribution < -0.4 is 5.32 Å². The van der Waals surface area contributed by atoms with Crippen LogP contribution in [0.2, 0.25) is 0 Å². The zero-order chi connectivity index (χ0) is 18.5. The number of hydrogen-bond donors (Lipinski definition) is 1. The van der Waals surface area contributed by atoms with Crippen molar-refractivity contribution in [2.75, 3.05) is 0 Å². The second-order valence-corrected chi connectivity index (χ2v) is 6.34. The third-order valence-electron chi connectivity index (χ3n) is 4.20. The van der Waals surface area contributed by atoms with E-state index in [1.54, 1.807) is 36.3 Å². The van der Waals surface area contributed by atoms with Gasteiger partial charge in [-0.3, -0.25) is 14.5 Å². The molecule has 0 radical (unpaired) electrons. The zero-order valence-electron chi connectivity index (χ0n) is 14.9. The number of nitrogens with one attached hydrogen (secondary N) is 1. The average molecular weight is 352 g/mol. The first-order valence-corrected chi connectivity index (χ1v) is 8.46. The summed E-state index contributed by atoms with van der Waals surface area (Å²) in [5.41, 5.74) is 4.29. The number of aromatic nitrogens is 3. The van der Waals surface area contributed by atoms with Gasteiger partial charge in [0.2, 0.25) is 5.91 Å². The van der Waals surface area contributed by atoms with Crippen molar-refractivity contribution in [3.8, 4) is 11.1 Å². The summed E-state index contributed by atoms with van der Waals surface area (Å²) in [6.45, 7) is 2.13. The van der Waals surface area contributed by atoms with Crippen LogP contribution in [0.15, 0.2) is 49.1 Å². The Balaban J connectivity index is 1.53. The van der Waals surface area contributed by atoms with Gasteiger partial charge in [0.25, 0.3) is 0 Å². The summed E-state index contributed by atoms with van der Waals surface area (Å²) in [7, 11) is 1.86. The average Bonchev–Trinajstić information content (AvgIpc) is 3.08. The number of hydrogen-bond acceptors (Lipinski definition) is 3. The molecule has 3 rings (SSSR count). The fraction of sp³-hybridized carbons (Fsp3) is 0.250. The van der Waals surface area contributed by atoms with Crippen molar-refractivity contribution in [2.24, 2.45) is 7.05 Å². The second kappa shape index (κ2) is 7.91. The van der Waals surface area contributed by atoms with E-state index in [1.807, 2.05) is 25.4 Å². The van der Waals surface area contributed by atoms with Gasteiger partial charge in [0.05, 0.1) is 6.20 Å². The standard InChI is InChI=1S/C20H21FN4O/c1-14-3-4-15(8-19(14)21)5-6-20(26)23-10-16-7-17(11-22-9-16)18-12-24-25(2)13-18/h3-4,7-9,11-13H,5-6,10H2,1-2H3,(H,23,26). The summed E-state index contributed by atoms with van der Waals surface area (Å²) < 4.78 is 15.3. The molecule has 3 aromatic rings. The highest BCUT2D eigenvalue weighted by molar-refractivity contribution is 5.76. The molecule has 0 aliphatic rings. The SMILES string of the molecule is Cc1ccc(CCC(=O)NCc2cncc(-c3cnn(C)c3)c2)cc1F. The van der Waals surface area contributed by atoms with Crippen molar-refractivity contribution in [1.29, 1.82) is 0 Å². The highest BCUT2D eigenvalue weighted by atomic mass is 19.1. The van der Waals surface area contributed by atoms with Crippen molar-refractivity contribution in [3.05, 3.63) is 71.6 Å². The first-order chi connectivity index (χ1) is 12.5. The van der Waals surface area contributed by atoms with E-state index in [1.165, 1.54) is 6.07 Å². The molecule has 1 aromatic carbocycles. The van der Waals surface area contributed by atoms with Crippen LogP contribution in [0.3, 0.4) is 0 Å². The minimum Gasteiger partial charge on any atom is -0.352 e. The van der Waals surface area contributed by atoms with Crippen LogP contribution in [0.4, 0.5) is 4.39 Å². The fourth-order valence-electron chi connectivity index (χ4n) is 2.65. The van der Waals surface area contributed by atoms with E-state index in [0.717, 1.165) is 22.3 Å². The highest BCUT2D eigenvalue weighted by Crippen LogP contribution is 2.18. The summed E-state index contributed by atoms with van der Waals surface area (Å²) >= 11 is 0. The molecule has 0 saturated heterocycles. The van der Waals surface area contributed by atoms with Gasteiger partial charge in [0, 0.05) is 49.7 Å². The third kappa shape index (κ3) is 4.53. The molecule has 1 amide bonds. The molecule has 0 spiro atoms. The molecule has 0 saturated carbocycles. The lowest BCUT2D eigenvalue weighted by Crippen LogP contribution is -2.23. The molecular weight excluding hydrogens is 331 g/mol. The smallest absolute Gasteiger partial charge is 0.220 e. The Hall–Kier alpha value is -3.02. The van der Waals surface area contributed by atoms with Gasteiger partial charge in [-0.25, -0.2) is 4.39 Å². The van der Waals surface area contributed by atoms with Crippen LogP contribution in [-0.2, 0) is 24.8 Å². The van der Waals surface area contributed by atoms with Crippen LogP contribution in [0, 0.1) is 12.7 Å². The molecule has 26 heavy (non-hydrogen) atoms. The molecule has 1 N–H and O–H groups in total. The van der Waals surface area contributed by atoms with Gasteiger partial charge in [-0.2, -0.15) is 5.10 Å². The van der Waals surface area contributed by atoms with Crippen molar-refractivity contribution >= 4 is 5.91 Å². The quantitative estimate of drug-likeness (QED) is 0.741. The Morgan fingerprint density at radius 3 is 2.73 bits per heavy atom. The van der Waals surface area contributed by atoms with Gasteiger partial charge in [-0.1, -0.05) is 12.1 Å². The minimum atomic E-state index is -0.235. The fourth-order valence-corrected chi connectivity index (χ4v) is 2.65. The van der Waals surface area contributed by atoms with Crippen molar-refractivity contribution in [2.45, 2.75) is 26.3 Å². The Bertz CT molecular complexity index is 920. The van der Waals surface area contributed by atoms with Gasteiger partial charge >= 0.3 is 0 Å². The lowest BCUT2D eigenvalue weighted by atomic mass is 10.1. The van der Waals surface area contributed by atoms with Crippen LogP contribution in [0.5, 0.6) is 0 Å². The maximum atomic E-state index is 13.5. The van der Waals surface area contributed by atoms with Crippen LogP contribution in [0.25, 0.3) is 11.1 Å². The minimum absolute atomic E-state index is 0.0715. The number of amides is 1. The number of carbonyl (C=O) groups excluding carboxylic acids is 1. The van der Waals surface area contributed by atoms with E-state index in [-0.39, 0.29) is 11.7 Å². The van der Waals surface area contributed by atoms with Gasteiger partial charge in [-0.15, -0.1) is 0 Å². The van der Waals surface area contributed by atoms with Crippen molar-refractivity contribution in [1.82, 2.24) is 20.1 Å². The van der Waals surface area contributed by atoms with Gasteiger partial charge in [0.15, 0.2) is 0 Å². The molecule has 0 unspecified atom stereocenters. The van der Waals surface area contributed by atoms with Gasteiger partial charge in [0.1, 0.15) is 5.82 Å². The van der Waals surface area contributed by atoms with E-state index in [9.17, 15) is 9.18 Å². The zero-order valence-corrected chi connectivity index (χ0v) is 14.9. The predicted molar refractivity (Wildman–Crippen MR) is 97.7 cm³/mol. The van der Waals surface area contributed by atoms with Gasteiger partial charge in [-0.05, 0) is 42.2 Å². The number of halogens is 1. The molecule has 2 heterocycles. The van der Waals surface area contributed by atoms with Crippen LogP contribution in [0.1, 0.15) is 23.1 Å². The summed E-state index contributed by atoms with van der Waals surface area (Å²) in [6, 6.07) is 7.06. The lowest BCUT2D eigenvalue weighted by Gasteiger charge is -2.07. The molecule has 0 aliphatic carbocycles. The number of nitrogens with zero attached hydrogens (tertiary/aromatic N) is 3. The van der Waals surface area contributed by atoms with Crippen LogP contribution >= 0.6 is 0 Å².